The van der Waals surface area contributed by atoms with E-state index in [4.69, 9.17) is 18.9 Å². The Morgan fingerprint density at radius 2 is 2.06 bits per heavy atom. The van der Waals surface area contributed by atoms with Crippen LogP contribution < -0.4 is 29.1 Å². The lowest BCUT2D eigenvalue weighted by Crippen LogP contribution is -2.39. The molecule has 0 bridgehead atoms. The van der Waals surface area contributed by atoms with Gasteiger partial charge >= 0.3 is 5.97 Å². The fourth-order valence-corrected chi connectivity index (χ4v) is 5.92. The molecule has 10 heteroatoms. The number of hydrogen-bond acceptors (Lipinski definition) is 8. The maximum absolute atomic E-state index is 13.7. The Kier molecular flexibility index (Phi) is 6.41. The maximum Gasteiger partial charge on any atom is 0.338 e. The molecule has 1 aromatic heterocycles. The van der Waals surface area contributed by atoms with Crippen molar-refractivity contribution in [3.05, 3.63) is 82.1 Å². The van der Waals surface area contributed by atoms with E-state index in [1.807, 2.05) is 30.3 Å². The molecule has 0 radical (unpaired) electrons. The number of hydrogen-bond donors (Lipinski definition) is 0. The molecule has 8 nitrogen and oxygen atoms in total. The number of aromatic nitrogens is 1. The SMILES string of the molecule is CCOC(=O)C1=C(C)N=c2s/c(=C/c3ccc(OC)c(I)c3)c(=O)n2[C@H]1c1ccc2c(c1)OCO2. The Bertz CT molecular complexity index is 1550. The first-order valence-corrected chi connectivity index (χ1v) is 12.7. The highest BCUT2D eigenvalue weighted by Crippen LogP contribution is 2.38. The van der Waals surface area contributed by atoms with Gasteiger partial charge in [-0.05, 0) is 77.9 Å². The Morgan fingerprint density at radius 3 is 2.80 bits per heavy atom. The molecular formula is C25H21IN2O6S. The molecule has 180 valence electrons. The van der Waals surface area contributed by atoms with E-state index in [0.717, 1.165) is 14.9 Å². The molecule has 3 aromatic rings. The smallest absolute Gasteiger partial charge is 0.338 e. The Balaban J connectivity index is 1.70. The van der Waals surface area contributed by atoms with Crippen LogP contribution in [0.15, 0.2) is 57.5 Å². The number of esters is 1. The zero-order valence-corrected chi connectivity index (χ0v) is 22.1. The van der Waals surface area contributed by atoms with Crippen molar-refractivity contribution < 1.29 is 23.7 Å². The molecule has 3 heterocycles. The molecule has 2 aliphatic rings. The normalized spacial score (nSPS) is 16.7. The van der Waals surface area contributed by atoms with E-state index in [-0.39, 0.29) is 19.0 Å². The van der Waals surface area contributed by atoms with Crippen molar-refractivity contribution in [2.24, 2.45) is 4.99 Å². The second-order valence-corrected chi connectivity index (χ2v) is 9.98. The molecule has 0 saturated carbocycles. The standard InChI is InChI=1S/C25H21IN2O6S/c1-4-32-24(30)21-13(2)27-25-28(22(21)15-6-8-18-19(11-15)34-12-33-18)23(29)20(35-25)10-14-5-7-17(31-3)16(26)9-14/h5-11,22H,4,12H2,1-3H3/b20-10+/t22-/m0/s1. The third-order valence-electron chi connectivity index (χ3n) is 5.70. The molecule has 0 N–H and O–H groups in total. The van der Waals surface area contributed by atoms with Crippen LogP contribution in [0.2, 0.25) is 0 Å². The summed E-state index contributed by atoms with van der Waals surface area (Å²) in [6, 6.07) is 10.4. The number of thiazole rings is 1. The van der Waals surface area contributed by atoms with E-state index >= 15 is 0 Å². The number of nitrogens with zero attached hydrogens (tertiary/aromatic N) is 2. The summed E-state index contributed by atoms with van der Waals surface area (Å²) in [5.41, 5.74) is 2.16. The summed E-state index contributed by atoms with van der Waals surface area (Å²) in [5.74, 6) is 1.45. The summed E-state index contributed by atoms with van der Waals surface area (Å²) < 4.78 is 24.7. The van der Waals surface area contributed by atoms with Crippen LogP contribution in [0.1, 0.15) is 31.0 Å². The lowest BCUT2D eigenvalue weighted by Gasteiger charge is -2.24. The van der Waals surface area contributed by atoms with Gasteiger partial charge in [-0.15, -0.1) is 0 Å². The van der Waals surface area contributed by atoms with Gasteiger partial charge in [0, 0.05) is 0 Å². The lowest BCUT2D eigenvalue weighted by atomic mass is 9.95. The average molecular weight is 604 g/mol. The molecular weight excluding hydrogens is 583 g/mol. The topological polar surface area (TPSA) is 88.4 Å². The van der Waals surface area contributed by atoms with Crippen molar-refractivity contribution in [2.45, 2.75) is 19.9 Å². The van der Waals surface area contributed by atoms with Crippen molar-refractivity contribution in [1.82, 2.24) is 4.57 Å². The van der Waals surface area contributed by atoms with Gasteiger partial charge in [0.1, 0.15) is 5.75 Å². The van der Waals surface area contributed by atoms with E-state index in [9.17, 15) is 9.59 Å². The summed E-state index contributed by atoms with van der Waals surface area (Å²) in [6.45, 7) is 3.84. The number of methoxy groups -OCH3 is 1. The van der Waals surface area contributed by atoms with Gasteiger partial charge < -0.3 is 18.9 Å². The number of ether oxygens (including phenoxy) is 4. The first-order chi connectivity index (χ1) is 16.9. The van der Waals surface area contributed by atoms with Gasteiger partial charge in [-0.1, -0.05) is 23.5 Å². The number of benzene rings is 2. The highest BCUT2D eigenvalue weighted by atomic mass is 127. The molecule has 0 saturated heterocycles. The Morgan fingerprint density at radius 1 is 1.26 bits per heavy atom. The number of allylic oxidation sites excluding steroid dienone is 1. The van der Waals surface area contributed by atoms with Crippen LogP contribution in [-0.4, -0.2) is 31.0 Å². The zero-order chi connectivity index (χ0) is 24.7. The number of carbonyl (C=O) groups excluding carboxylic acids is 1. The van der Waals surface area contributed by atoms with Crippen LogP contribution in [0.25, 0.3) is 6.08 Å². The average Bonchev–Trinajstić information content (AvgIpc) is 3.42. The summed E-state index contributed by atoms with van der Waals surface area (Å²) in [6.07, 6.45) is 1.82. The zero-order valence-electron chi connectivity index (χ0n) is 19.2. The number of halogens is 1. The fraction of sp³-hybridized carbons (Fsp3) is 0.240. The monoisotopic (exact) mass is 604 g/mol. The highest BCUT2D eigenvalue weighted by Gasteiger charge is 2.34. The summed E-state index contributed by atoms with van der Waals surface area (Å²) >= 11 is 3.48. The first-order valence-electron chi connectivity index (χ1n) is 10.8. The highest BCUT2D eigenvalue weighted by molar-refractivity contribution is 14.1. The van der Waals surface area contributed by atoms with Gasteiger partial charge in [0.05, 0.1) is 39.1 Å². The van der Waals surface area contributed by atoms with Gasteiger partial charge in [0.2, 0.25) is 6.79 Å². The summed E-state index contributed by atoms with van der Waals surface area (Å²) in [5, 5.41) is 0. The Labute approximate surface area is 218 Å². The Hall–Kier alpha value is -3.12. The second kappa shape index (κ2) is 9.50. The van der Waals surface area contributed by atoms with Gasteiger partial charge in [0.15, 0.2) is 16.3 Å². The quantitative estimate of drug-likeness (QED) is 0.329. The van der Waals surface area contributed by atoms with Crippen LogP contribution >= 0.6 is 33.9 Å². The van der Waals surface area contributed by atoms with Gasteiger partial charge in [0.25, 0.3) is 5.56 Å². The molecule has 0 amide bonds. The van der Waals surface area contributed by atoms with E-state index in [2.05, 4.69) is 27.6 Å². The molecule has 2 aliphatic heterocycles. The predicted molar refractivity (Wildman–Crippen MR) is 139 cm³/mol. The minimum absolute atomic E-state index is 0.127. The first kappa shape index (κ1) is 23.6. The minimum Gasteiger partial charge on any atom is -0.496 e. The fourth-order valence-electron chi connectivity index (χ4n) is 4.11. The minimum atomic E-state index is -0.710. The number of carbonyl (C=O) groups is 1. The molecule has 0 fully saturated rings. The van der Waals surface area contributed by atoms with Crippen LogP contribution in [0.3, 0.4) is 0 Å². The number of fused-ring (bicyclic) bond motifs is 2. The third-order valence-corrected chi connectivity index (χ3v) is 7.53. The largest absolute Gasteiger partial charge is 0.496 e. The molecule has 35 heavy (non-hydrogen) atoms. The van der Waals surface area contributed by atoms with Gasteiger partial charge in [-0.2, -0.15) is 0 Å². The van der Waals surface area contributed by atoms with Crippen LogP contribution in [0.4, 0.5) is 0 Å². The van der Waals surface area contributed by atoms with E-state index in [1.165, 1.54) is 11.3 Å². The molecule has 5 rings (SSSR count). The third kappa shape index (κ3) is 4.25. The summed E-state index contributed by atoms with van der Waals surface area (Å²) in [4.78, 5) is 31.8. The van der Waals surface area contributed by atoms with E-state index in [1.54, 1.807) is 37.7 Å². The van der Waals surface area contributed by atoms with Crippen molar-refractivity contribution in [2.75, 3.05) is 20.5 Å². The van der Waals surface area contributed by atoms with Crippen LogP contribution in [0.5, 0.6) is 17.2 Å². The van der Waals surface area contributed by atoms with E-state index in [0.29, 0.717) is 37.7 Å². The maximum atomic E-state index is 13.7. The van der Waals surface area contributed by atoms with Crippen molar-refractivity contribution >= 4 is 46.0 Å². The molecule has 0 unspecified atom stereocenters. The van der Waals surface area contributed by atoms with Crippen LogP contribution in [0, 0.1) is 3.57 Å². The molecule has 0 spiro atoms. The molecule has 2 aromatic carbocycles. The molecule has 0 aliphatic carbocycles. The molecule has 1 atom stereocenters. The van der Waals surface area contributed by atoms with Crippen molar-refractivity contribution in [3.63, 3.8) is 0 Å². The lowest BCUT2D eigenvalue weighted by molar-refractivity contribution is -0.139. The second-order valence-electron chi connectivity index (χ2n) is 7.81. The predicted octanol–water partition coefficient (Wildman–Crippen LogP) is 3.14. The van der Waals surface area contributed by atoms with Gasteiger partial charge in [-0.25, -0.2) is 9.79 Å². The van der Waals surface area contributed by atoms with Crippen molar-refractivity contribution in [3.8, 4) is 17.2 Å². The van der Waals surface area contributed by atoms with Crippen LogP contribution in [-0.2, 0) is 9.53 Å². The van der Waals surface area contributed by atoms with E-state index < -0.39 is 12.0 Å². The van der Waals surface area contributed by atoms with Gasteiger partial charge in [-0.3, -0.25) is 9.36 Å². The number of rotatable bonds is 5. The summed E-state index contributed by atoms with van der Waals surface area (Å²) in [7, 11) is 1.62. The van der Waals surface area contributed by atoms with Crippen molar-refractivity contribution in [1.29, 1.82) is 0 Å².